The molecule has 0 saturated carbocycles. The highest BCUT2D eigenvalue weighted by atomic mass is 35.5. The monoisotopic (exact) mass is 262 g/mol. The molecule has 1 aromatic heterocycles. The molecular formula is C13H15ClN4. The van der Waals surface area contributed by atoms with Gasteiger partial charge in [-0.1, -0.05) is 41.9 Å². The number of rotatable bonds is 4. The summed E-state index contributed by atoms with van der Waals surface area (Å²) in [6, 6.07) is 10.3. The van der Waals surface area contributed by atoms with Crippen LogP contribution in [0.15, 0.2) is 36.5 Å². The molecule has 5 heteroatoms. The molecule has 1 aromatic carbocycles. The lowest BCUT2D eigenvalue weighted by Crippen LogP contribution is -2.22. The number of nitrogen functional groups attached to an aromatic ring is 1. The van der Waals surface area contributed by atoms with E-state index in [1.165, 1.54) is 11.8 Å². The summed E-state index contributed by atoms with van der Waals surface area (Å²) in [5.74, 6) is 0.904. The minimum Gasteiger partial charge on any atom is -0.368 e. The van der Waals surface area contributed by atoms with Crippen LogP contribution in [-0.4, -0.2) is 23.6 Å². The molecule has 0 saturated heterocycles. The predicted molar refractivity (Wildman–Crippen MR) is 74.9 cm³/mol. The standard InChI is InChI=1S/C13H15ClN4/c1-18(8-7-10-5-3-2-4-6-10)12-11(14)9-16-13(15)17-12/h2-6,9H,7-8H2,1H3,(H2,15,16,17). The van der Waals surface area contributed by atoms with Crippen molar-refractivity contribution >= 4 is 23.4 Å². The van der Waals surface area contributed by atoms with Crippen LogP contribution >= 0.6 is 11.6 Å². The van der Waals surface area contributed by atoms with E-state index in [9.17, 15) is 0 Å². The maximum absolute atomic E-state index is 6.05. The van der Waals surface area contributed by atoms with Gasteiger partial charge in [0.25, 0.3) is 0 Å². The van der Waals surface area contributed by atoms with Crippen molar-refractivity contribution in [3.63, 3.8) is 0 Å². The second-order valence-corrected chi connectivity index (χ2v) is 4.46. The van der Waals surface area contributed by atoms with E-state index in [1.807, 2.05) is 30.1 Å². The van der Waals surface area contributed by atoms with E-state index in [0.29, 0.717) is 10.8 Å². The fourth-order valence-corrected chi connectivity index (χ4v) is 1.92. The molecule has 0 unspecified atom stereocenters. The molecule has 2 N–H and O–H groups in total. The first-order valence-electron chi connectivity index (χ1n) is 5.70. The fourth-order valence-electron chi connectivity index (χ4n) is 1.69. The molecule has 0 fully saturated rings. The van der Waals surface area contributed by atoms with E-state index in [0.717, 1.165) is 13.0 Å². The van der Waals surface area contributed by atoms with Gasteiger partial charge in [0.05, 0.1) is 6.20 Å². The van der Waals surface area contributed by atoms with Gasteiger partial charge in [-0.05, 0) is 12.0 Å². The van der Waals surface area contributed by atoms with Crippen molar-refractivity contribution in [2.45, 2.75) is 6.42 Å². The molecule has 1 heterocycles. The van der Waals surface area contributed by atoms with Gasteiger partial charge >= 0.3 is 0 Å². The summed E-state index contributed by atoms with van der Waals surface area (Å²) in [4.78, 5) is 9.97. The van der Waals surface area contributed by atoms with Crippen LogP contribution in [0.2, 0.25) is 5.02 Å². The summed E-state index contributed by atoms with van der Waals surface area (Å²) in [5.41, 5.74) is 6.85. The van der Waals surface area contributed by atoms with Crippen molar-refractivity contribution in [1.29, 1.82) is 0 Å². The van der Waals surface area contributed by atoms with Gasteiger partial charge in [0.2, 0.25) is 5.95 Å². The molecule has 18 heavy (non-hydrogen) atoms. The average Bonchev–Trinajstić information content (AvgIpc) is 2.40. The molecule has 2 aromatic rings. The zero-order valence-electron chi connectivity index (χ0n) is 10.2. The average molecular weight is 263 g/mol. The summed E-state index contributed by atoms with van der Waals surface area (Å²) >= 11 is 6.05. The maximum atomic E-state index is 6.05. The zero-order valence-corrected chi connectivity index (χ0v) is 10.9. The number of benzene rings is 1. The third-order valence-corrected chi connectivity index (χ3v) is 2.95. The van der Waals surface area contributed by atoms with Crippen LogP contribution < -0.4 is 10.6 Å². The highest BCUT2D eigenvalue weighted by Gasteiger charge is 2.09. The van der Waals surface area contributed by atoms with E-state index < -0.39 is 0 Å². The second-order valence-electron chi connectivity index (χ2n) is 4.06. The third-order valence-electron chi connectivity index (χ3n) is 2.68. The Morgan fingerprint density at radius 1 is 1.28 bits per heavy atom. The third kappa shape index (κ3) is 3.11. The number of hydrogen-bond donors (Lipinski definition) is 1. The van der Waals surface area contributed by atoms with E-state index in [4.69, 9.17) is 17.3 Å². The lowest BCUT2D eigenvalue weighted by molar-refractivity contribution is 0.857. The number of hydrogen-bond acceptors (Lipinski definition) is 4. The Morgan fingerprint density at radius 3 is 2.72 bits per heavy atom. The van der Waals surface area contributed by atoms with E-state index in [2.05, 4.69) is 22.1 Å². The van der Waals surface area contributed by atoms with Gasteiger partial charge in [0.1, 0.15) is 5.02 Å². The van der Waals surface area contributed by atoms with Crippen LogP contribution in [0.5, 0.6) is 0 Å². The van der Waals surface area contributed by atoms with Gasteiger partial charge in [-0.25, -0.2) is 4.98 Å². The van der Waals surface area contributed by atoms with E-state index in [-0.39, 0.29) is 5.95 Å². The van der Waals surface area contributed by atoms with Gasteiger partial charge in [-0.15, -0.1) is 0 Å². The van der Waals surface area contributed by atoms with Crippen molar-refractivity contribution in [3.05, 3.63) is 47.1 Å². The molecule has 0 atom stereocenters. The molecule has 0 aliphatic heterocycles. The number of likely N-dealkylation sites (N-methyl/N-ethyl adjacent to an activating group) is 1. The summed E-state index contributed by atoms with van der Waals surface area (Å²) in [6.07, 6.45) is 2.45. The molecule has 0 spiro atoms. The molecule has 0 aliphatic carbocycles. The minimum atomic E-state index is 0.237. The first-order chi connectivity index (χ1) is 8.66. The molecule has 0 amide bonds. The Labute approximate surface area is 111 Å². The van der Waals surface area contributed by atoms with E-state index in [1.54, 1.807) is 0 Å². The van der Waals surface area contributed by atoms with Crippen molar-refractivity contribution in [3.8, 4) is 0 Å². The summed E-state index contributed by atoms with van der Waals surface area (Å²) in [5, 5.41) is 0.514. The molecule has 0 bridgehead atoms. The van der Waals surface area contributed by atoms with Crippen molar-refractivity contribution in [2.24, 2.45) is 0 Å². The largest absolute Gasteiger partial charge is 0.368 e. The number of anilines is 2. The van der Waals surface area contributed by atoms with E-state index >= 15 is 0 Å². The first kappa shape index (κ1) is 12.6. The topological polar surface area (TPSA) is 55.0 Å². The van der Waals surface area contributed by atoms with Gasteiger partial charge in [0.15, 0.2) is 5.82 Å². The Balaban J connectivity index is 2.03. The van der Waals surface area contributed by atoms with Crippen molar-refractivity contribution < 1.29 is 0 Å². The van der Waals surface area contributed by atoms with Crippen LogP contribution in [0.1, 0.15) is 5.56 Å². The van der Waals surface area contributed by atoms with Crippen LogP contribution in [0.25, 0.3) is 0 Å². The SMILES string of the molecule is CN(CCc1ccccc1)c1nc(N)ncc1Cl. The molecule has 0 aliphatic rings. The second kappa shape index (κ2) is 5.69. The van der Waals surface area contributed by atoms with Crippen molar-refractivity contribution in [1.82, 2.24) is 9.97 Å². The Kier molecular flexibility index (Phi) is 3.99. The number of aromatic nitrogens is 2. The zero-order chi connectivity index (χ0) is 13.0. The van der Waals surface area contributed by atoms with Crippen LogP contribution in [0, 0.1) is 0 Å². The highest BCUT2D eigenvalue weighted by molar-refractivity contribution is 6.32. The Hall–Kier alpha value is -1.81. The van der Waals surface area contributed by atoms with Crippen LogP contribution in [-0.2, 0) is 6.42 Å². The highest BCUT2D eigenvalue weighted by Crippen LogP contribution is 2.21. The number of nitrogens with zero attached hydrogens (tertiary/aromatic N) is 3. The molecule has 94 valence electrons. The molecular weight excluding hydrogens is 248 g/mol. The van der Waals surface area contributed by atoms with Crippen LogP contribution in [0.4, 0.5) is 11.8 Å². The number of halogens is 1. The van der Waals surface area contributed by atoms with Gasteiger partial charge in [-0.2, -0.15) is 4.98 Å². The smallest absolute Gasteiger partial charge is 0.222 e. The Bertz CT molecular complexity index is 516. The first-order valence-corrected chi connectivity index (χ1v) is 6.07. The quantitative estimate of drug-likeness (QED) is 0.919. The summed E-state index contributed by atoms with van der Waals surface area (Å²) in [6.45, 7) is 0.820. The van der Waals surface area contributed by atoms with Crippen molar-refractivity contribution in [2.75, 3.05) is 24.2 Å². The van der Waals surface area contributed by atoms with Gasteiger partial charge in [-0.3, -0.25) is 0 Å². The maximum Gasteiger partial charge on any atom is 0.222 e. The lowest BCUT2D eigenvalue weighted by Gasteiger charge is -2.19. The van der Waals surface area contributed by atoms with Crippen LogP contribution in [0.3, 0.4) is 0 Å². The number of nitrogens with two attached hydrogens (primary N) is 1. The fraction of sp³-hybridized carbons (Fsp3) is 0.231. The normalized spacial score (nSPS) is 10.3. The summed E-state index contributed by atoms with van der Waals surface area (Å²) < 4.78 is 0. The van der Waals surface area contributed by atoms with Gasteiger partial charge in [0, 0.05) is 13.6 Å². The minimum absolute atomic E-state index is 0.237. The predicted octanol–water partition coefficient (Wildman–Crippen LogP) is 2.39. The Morgan fingerprint density at radius 2 is 2.00 bits per heavy atom. The summed E-state index contributed by atoms with van der Waals surface area (Å²) in [7, 11) is 1.94. The lowest BCUT2D eigenvalue weighted by atomic mass is 10.1. The molecule has 2 rings (SSSR count). The molecule has 0 radical (unpaired) electrons. The molecule has 4 nitrogen and oxygen atoms in total. The van der Waals surface area contributed by atoms with Gasteiger partial charge < -0.3 is 10.6 Å².